The summed E-state index contributed by atoms with van der Waals surface area (Å²) in [7, 11) is 0. The summed E-state index contributed by atoms with van der Waals surface area (Å²) in [5, 5.41) is 14.2. The minimum Gasteiger partial charge on any atom is -0.393 e. The Hall–Kier alpha value is -1.76. The molecule has 1 aromatic carbocycles. The molecule has 0 heterocycles. The molecule has 2 amide bonds. The van der Waals surface area contributed by atoms with Crippen molar-refractivity contribution in [3.05, 3.63) is 29.6 Å². The van der Waals surface area contributed by atoms with Gasteiger partial charge in [0.2, 0.25) is 0 Å². The van der Waals surface area contributed by atoms with Gasteiger partial charge in [-0.3, -0.25) is 0 Å². The molecule has 7 heteroatoms. The highest BCUT2D eigenvalue weighted by molar-refractivity contribution is 5.89. The van der Waals surface area contributed by atoms with Crippen LogP contribution in [-0.4, -0.2) is 23.3 Å². The Kier molecular flexibility index (Phi) is 4.49. The van der Waals surface area contributed by atoms with Crippen molar-refractivity contribution in [1.29, 1.82) is 0 Å². The van der Waals surface area contributed by atoms with Gasteiger partial charge in [-0.25, -0.2) is 18.0 Å². The van der Waals surface area contributed by atoms with Crippen LogP contribution in [0.2, 0.25) is 0 Å². The van der Waals surface area contributed by atoms with Crippen LogP contribution in [0.3, 0.4) is 0 Å². The number of aliphatic hydroxyl groups is 1. The third-order valence-corrected chi connectivity index (χ3v) is 3.27. The van der Waals surface area contributed by atoms with Crippen molar-refractivity contribution < 1.29 is 23.1 Å². The first-order valence-electron chi connectivity index (χ1n) is 6.36. The largest absolute Gasteiger partial charge is 0.393 e. The van der Waals surface area contributed by atoms with E-state index in [0.29, 0.717) is 37.8 Å². The van der Waals surface area contributed by atoms with Gasteiger partial charge in [0, 0.05) is 23.9 Å². The monoisotopic (exact) mass is 288 g/mol. The fourth-order valence-corrected chi connectivity index (χ4v) is 2.20. The minimum absolute atomic E-state index is 0.0893. The average Bonchev–Trinajstić information content (AvgIpc) is 2.38. The molecule has 2 rings (SSSR count). The number of anilines is 1. The van der Waals surface area contributed by atoms with Gasteiger partial charge in [-0.1, -0.05) is 0 Å². The van der Waals surface area contributed by atoms with Gasteiger partial charge in [-0.2, -0.15) is 0 Å². The van der Waals surface area contributed by atoms with Crippen LogP contribution < -0.4 is 10.6 Å². The maximum absolute atomic E-state index is 13.0. The van der Waals surface area contributed by atoms with Gasteiger partial charge >= 0.3 is 6.03 Å². The van der Waals surface area contributed by atoms with Gasteiger partial charge in [0.15, 0.2) is 17.5 Å². The Morgan fingerprint density at radius 1 is 1.10 bits per heavy atom. The second-order valence-corrected chi connectivity index (χ2v) is 4.86. The van der Waals surface area contributed by atoms with Gasteiger partial charge in [-0.15, -0.1) is 0 Å². The van der Waals surface area contributed by atoms with Gasteiger partial charge < -0.3 is 15.7 Å². The summed E-state index contributed by atoms with van der Waals surface area (Å²) in [6.45, 7) is 0. The molecule has 1 fully saturated rings. The summed E-state index contributed by atoms with van der Waals surface area (Å²) >= 11 is 0. The number of urea groups is 1. The summed E-state index contributed by atoms with van der Waals surface area (Å²) in [6, 6.07) is 0.718. The van der Waals surface area contributed by atoms with Crippen LogP contribution in [0.1, 0.15) is 25.7 Å². The van der Waals surface area contributed by atoms with Crippen molar-refractivity contribution in [2.24, 2.45) is 0 Å². The topological polar surface area (TPSA) is 61.4 Å². The number of aliphatic hydroxyl groups excluding tert-OH is 1. The number of hydrogen-bond donors (Lipinski definition) is 3. The number of benzene rings is 1. The smallest absolute Gasteiger partial charge is 0.319 e. The Labute approximate surface area is 114 Å². The second-order valence-electron chi connectivity index (χ2n) is 4.86. The Morgan fingerprint density at radius 3 is 2.20 bits per heavy atom. The molecule has 0 aliphatic heterocycles. The molecule has 0 atom stereocenters. The van der Waals surface area contributed by atoms with Crippen LogP contribution >= 0.6 is 0 Å². The molecule has 1 aliphatic carbocycles. The van der Waals surface area contributed by atoms with E-state index >= 15 is 0 Å². The van der Waals surface area contributed by atoms with E-state index in [2.05, 4.69) is 10.6 Å². The number of carbonyl (C=O) groups is 1. The summed E-state index contributed by atoms with van der Waals surface area (Å²) in [5.74, 6) is -4.29. The molecule has 1 aromatic rings. The highest BCUT2D eigenvalue weighted by Gasteiger charge is 2.21. The molecule has 4 nitrogen and oxygen atoms in total. The summed E-state index contributed by atoms with van der Waals surface area (Å²) in [4.78, 5) is 11.6. The zero-order chi connectivity index (χ0) is 14.7. The molecule has 0 saturated heterocycles. The van der Waals surface area contributed by atoms with E-state index < -0.39 is 23.5 Å². The number of hydrogen-bond acceptors (Lipinski definition) is 2. The molecule has 3 N–H and O–H groups in total. The van der Waals surface area contributed by atoms with Crippen LogP contribution in [0.25, 0.3) is 0 Å². The minimum atomic E-state index is -1.57. The van der Waals surface area contributed by atoms with Crippen LogP contribution in [0.15, 0.2) is 12.1 Å². The van der Waals surface area contributed by atoms with Crippen molar-refractivity contribution in [2.75, 3.05) is 5.32 Å². The van der Waals surface area contributed by atoms with Crippen molar-refractivity contribution in [2.45, 2.75) is 37.8 Å². The lowest BCUT2D eigenvalue weighted by Gasteiger charge is -2.26. The molecule has 0 radical (unpaired) electrons. The molecule has 1 saturated carbocycles. The molecule has 1 aliphatic rings. The van der Waals surface area contributed by atoms with Crippen molar-refractivity contribution in [3.63, 3.8) is 0 Å². The highest BCUT2D eigenvalue weighted by atomic mass is 19.2. The Morgan fingerprint density at radius 2 is 1.65 bits per heavy atom. The van der Waals surface area contributed by atoms with Crippen LogP contribution in [-0.2, 0) is 0 Å². The van der Waals surface area contributed by atoms with E-state index in [1.807, 2.05) is 0 Å². The molecular weight excluding hydrogens is 273 g/mol. The van der Waals surface area contributed by atoms with Gasteiger partial charge in [0.05, 0.1) is 6.10 Å². The van der Waals surface area contributed by atoms with Gasteiger partial charge in [-0.05, 0) is 25.7 Å². The maximum atomic E-state index is 13.0. The maximum Gasteiger partial charge on any atom is 0.319 e. The number of halogens is 3. The fourth-order valence-electron chi connectivity index (χ4n) is 2.20. The lowest BCUT2D eigenvalue weighted by Crippen LogP contribution is -2.40. The molecule has 0 unspecified atom stereocenters. The standard InChI is InChI=1S/C13H15F3N2O2/c14-10-5-8(6-11(15)12(10)16)18-13(20)17-7-1-3-9(19)4-2-7/h5-7,9,19H,1-4H2,(H2,17,18,20). The third kappa shape index (κ3) is 3.63. The predicted octanol–water partition coefficient (Wildman–Crippen LogP) is 2.53. The van der Waals surface area contributed by atoms with Crippen LogP contribution in [0.5, 0.6) is 0 Å². The lowest BCUT2D eigenvalue weighted by atomic mass is 9.93. The number of nitrogens with one attached hydrogen (secondary N) is 2. The summed E-state index contributed by atoms with van der Waals surface area (Å²) in [5.41, 5.74) is -0.158. The molecule has 0 spiro atoms. The molecule has 0 bridgehead atoms. The number of amides is 2. The fraction of sp³-hybridized carbons (Fsp3) is 0.462. The van der Waals surface area contributed by atoms with Gasteiger partial charge in [0.25, 0.3) is 0 Å². The number of rotatable bonds is 2. The second kappa shape index (κ2) is 6.13. The molecule has 110 valence electrons. The van der Waals surface area contributed by atoms with Crippen LogP contribution in [0, 0.1) is 17.5 Å². The molecule has 0 aromatic heterocycles. The van der Waals surface area contributed by atoms with E-state index in [1.54, 1.807) is 0 Å². The van der Waals surface area contributed by atoms with E-state index in [-0.39, 0.29) is 17.8 Å². The number of carbonyl (C=O) groups excluding carboxylic acids is 1. The predicted molar refractivity (Wildman–Crippen MR) is 66.7 cm³/mol. The third-order valence-electron chi connectivity index (χ3n) is 3.27. The highest BCUT2D eigenvalue weighted by Crippen LogP contribution is 2.19. The zero-order valence-electron chi connectivity index (χ0n) is 10.6. The first-order chi connectivity index (χ1) is 9.45. The van der Waals surface area contributed by atoms with Crippen molar-refractivity contribution in [1.82, 2.24) is 5.32 Å². The van der Waals surface area contributed by atoms with E-state index in [1.165, 1.54) is 0 Å². The van der Waals surface area contributed by atoms with E-state index in [4.69, 9.17) is 0 Å². The van der Waals surface area contributed by atoms with Crippen molar-refractivity contribution >= 4 is 11.7 Å². The molecule has 20 heavy (non-hydrogen) atoms. The first kappa shape index (κ1) is 14.6. The van der Waals surface area contributed by atoms with E-state index in [0.717, 1.165) is 0 Å². The summed E-state index contributed by atoms with van der Waals surface area (Å²) < 4.78 is 38.7. The average molecular weight is 288 g/mol. The van der Waals surface area contributed by atoms with Crippen LogP contribution in [0.4, 0.5) is 23.7 Å². The first-order valence-corrected chi connectivity index (χ1v) is 6.36. The van der Waals surface area contributed by atoms with E-state index in [9.17, 15) is 23.1 Å². The SMILES string of the molecule is O=C(Nc1cc(F)c(F)c(F)c1)NC1CCC(O)CC1. The van der Waals surface area contributed by atoms with Crippen molar-refractivity contribution in [3.8, 4) is 0 Å². The normalized spacial score (nSPS) is 22.4. The molecular formula is C13H15F3N2O2. The Balaban J connectivity index is 1.91. The lowest BCUT2D eigenvalue weighted by molar-refractivity contribution is 0.118. The zero-order valence-corrected chi connectivity index (χ0v) is 10.6. The Bertz CT molecular complexity index is 479. The summed E-state index contributed by atoms with van der Waals surface area (Å²) in [6.07, 6.45) is 2.15. The van der Waals surface area contributed by atoms with Gasteiger partial charge in [0.1, 0.15) is 0 Å². The quantitative estimate of drug-likeness (QED) is 0.732.